The minimum atomic E-state index is 0.124. The quantitative estimate of drug-likeness (QED) is 0.867. The molecule has 2 rings (SSSR count). The van der Waals surface area contributed by atoms with Crippen molar-refractivity contribution in [2.75, 3.05) is 31.6 Å². The van der Waals surface area contributed by atoms with Crippen LogP contribution in [-0.4, -0.2) is 42.7 Å². The summed E-state index contributed by atoms with van der Waals surface area (Å²) in [4.78, 5) is 4.90. The summed E-state index contributed by atoms with van der Waals surface area (Å²) in [6.45, 7) is 7.96. The first-order valence-electron chi connectivity index (χ1n) is 6.77. The van der Waals surface area contributed by atoms with Crippen molar-refractivity contribution in [3.05, 3.63) is 29.3 Å². The summed E-state index contributed by atoms with van der Waals surface area (Å²) in [5.74, 6) is 0. The molecule has 1 atom stereocenters. The lowest BCUT2D eigenvalue weighted by molar-refractivity contribution is 0.282. The van der Waals surface area contributed by atoms with Crippen LogP contribution >= 0.6 is 0 Å². The van der Waals surface area contributed by atoms with E-state index in [1.807, 2.05) is 6.07 Å². The third-order valence-electron chi connectivity index (χ3n) is 3.80. The lowest BCUT2D eigenvalue weighted by atomic mass is 10.1. The zero-order valence-corrected chi connectivity index (χ0v) is 11.7. The predicted octanol–water partition coefficient (Wildman–Crippen LogP) is 2.02. The van der Waals surface area contributed by atoms with E-state index in [9.17, 15) is 5.11 Å². The Labute approximate surface area is 110 Å². The third kappa shape index (κ3) is 2.85. The number of hydrogen-bond donors (Lipinski definition) is 1. The smallest absolute Gasteiger partial charge is 0.0681 e. The van der Waals surface area contributed by atoms with E-state index in [2.05, 4.69) is 42.8 Å². The van der Waals surface area contributed by atoms with Gasteiger partial charge in [0.1, 0.15) is 0 Å². The molecule has 3 heteroatoms. The van der Waals surface area contributed by atoms with Crippen molar-refractivity contribution in [1.29, 1.82) is 0 Å². The molecule has 0 bridgehead atoms. The van der Waals surface area contributed by atoms with Gasteiger partial charge in [-0.25, -0.2) is 0 Å². The lowest BCUT2D eigenvalue weighted by Crippen LogP contribution is -2.38. The number of likely N-dealkylation sites (N-methyl/N-ethyl adjacent to an activating group) is 1. The van der Waals surface area contributed by atoms with Crippen LogP contribution in [-0.2, 0) is 6.61 Å². The fourth-order valence-electron chi connectivity index (χ4n) is 2.87. The van der Waals surface area contributed by atoms with Gasteiger partial charge in [-0.2, -0.15) is 0 Å². The molecule has 100 valence electrons. The summed E-state index contributed by atoms with van der Waals surface area (Å²) in [5.41, 5.74) is 3.57. The Morgan fingerprint density at radius 2 is 2.11 bits per heavy atom. The summed E-state index contributed by atoms with van der Waals surface area (Å²) in [6, 6.07) is 6.82. The standard InChI is InChI=1S/C15H24N2O/c1-12-9-14(11-18)5-6-15(12)17-8-4-7-16(3)10-13(17)2/h5-6,9,13,18H,4,7-8,10-11H2,1-3H3. The van der Waals surface area contributed by atoms with E-state index in [1.54, 1.807) is 0 Å². The zero-order chi connectivity index (χ0) is 13.1. The van der Waals surface area contributed by atoms with E-state index < -0.39 is 0 Å². The molecule has 1 N–H and O–H groups in total. The monoisotopic (exact) mass is 248 g/mol. The highest BCUT2D eigenvalue weighted by atomic mass is 16.3. The predicted molar refractivity (Wildman–Crippen MR) is 76.0 cm³/mol. The average Bonchev–Trinajstić information content (AvgIpc) is 2.50. The number of nitrogens with zero attached hydrogens (tertiary/aromatic N) is 2. The Bertz CT molecular complexity index is 405. The van der Waals surface area contributed by atoms with Gasteiger partial charge in [0.25, 0.3) is 0 Å². The molecule has 0 amide bonds. The number of rotatable bonds is 2. The second kappa shape index (κ2) is 5.72. The van der Waals surface area contributed by atoms with E-state index in [1.165, 1.54) is 24.2 Å². The minimum absolute atomic E-state index is 0.124. The van der Waals surface area contributed by atoms with E-state index >= 15 is 0 Å². The number of hydrogen-bond acceptors (Lipinski definition) is 3. The highest BCUT2D eigenvalue weighted by molar-refractivity contribution is 5.55. The lowest BCUT2D eigenvalue weighted by Gasteiger charge is -2.31. The molecular formula is C15H24N2O. The van der Waals surface area contributed by atoms with Gasteiger partial charge in [0.15, 0.2) is 0 Å². The van der Waals surface area contributed by atoms with Crippen LogP contribution in [0.1, 0.15) is 24.5 Å². The summed E-state index contributed by atoms with van der Waals surface area (Å²) in [7, 11) is 2.20. The molecule has 0 saturated carbocycles. The van der Waals surface area contributed by atoms with Gasteiger partial charge in [-0.3, -0.25) is 0 Å². The summed E-state index contributed by atoms with van der Waals surface area (Å²) < 4.78 is 0. The molecule has 1 heterocycles. The number of aliphatic hydroxyl groups is 1. The second-order valence-corrected chi connectivity index (χ2v) is 5.44. The third-order valence-corrected chi connectivity index (χ3v) is 3.80. The van der Waals surface area contributed by atoms with Crippen molar-refractivity contribution in [2.45, 2.75) is 32.9 Å². The van der Waals surface area contributed by atoms with Crippen molar-refractivity contribution >= 4 is 5.69 Å². The molecular weight excluding hydrogens is 224 g/mol. The molecule has 18 heavy (non-hydrogen) atoms. The number of aryl methyl sites for hydroxylation is 1. The summed E-state index contributed by atoms with van der Waals surface area (Å²) in [5, 5.41) is 9.17. The van der Waals surface area contributed by atoms with Crippen molar-refractivity contribution in [3.8, 4) is 0 Å². The number of anilines is 1. The maximum atomic E-state index is 9.17. The highest BCUT2D eigenvalue weighted by Crippen LogP contribution is 2.25. The molecule has 0 aliphatic carbocycles. The van der Waals surface area contributed by atoms with Gasteiger partial charge in [-0.15, -0.1) is 0 Å². The van der Waals surface area contributed by atoms with Crippen LogP contribution in [0.25, 0.3) is 0 Å². The molecule has 1 aromatic rings. The van der Waals surface area contributed by atoms with Crippen LogP contribution in [0.15, 0.2) is 18.2 Å². The normalized spacial score (nSPS) is 22.0. The molecule has 1 aliphatic heterocycles. The fourth-order valence-corrected chi connectivity index (χ4v) is 2.87. The average molecular weight is 248 g/mol. The molecule has 3 nitrogen and oxygen atoms in total. The largest absolute Gasteiger partial charge is 0.392 e. The van der Waals surface area contributed by atoms with Crippen molar-refractivity contribution in [3.63, 3.8) is 0 Å². The van der Waals surface area contributed by atoms with Gasteiger partial charge in [-0.05, 0) is 51.1 Å². The van der Waals surface area contributed by atoms with Crippen LogP contribution in [0.2, 0.25) is 0 Å². The highest BCUT2D eigenvalue weighted by Gasteiger charge is 2.20. The first-order valence-corrected chi connectivity index (χ1v) is 6.77. The van der Waals surface area contributed by atoms with Gasteiger partial charge in [-0.1, -0.05) is 12.1 Å². The molecule has 1 fully saturated rings. The van der Waals surface area contributed by atoms with Crippen LogP contribution in [0.5, 0.6) is 0 Å². The Morgan fingerprint density at radius 3 is 2.78 bits per heavy atom. The molecule has 1 saturated heterocycles. The Balaban J connectivity index is 2.24. The summed E-state index contributed by atoms with van der Waals surface area (Å²) in [6.07, 6.45) is 1.21. The van der Waals surface area contributed by atoms with Crippen LogP contribution in [0, 0.1) is 6.92 Å². The van der Waals surface area contributed by atoms with Gasteiger partial charge >= 0.3 is 0 Å². The maximum absolute atomic E-state index is 9.17. The van der Waals surface area contributed by atoms with Gasteiger partial charge in [0.05, 0.1) is 6.61 Å². The van der Waals surface area contributed by atoms with Crippen LogP contribution in [0.3, 0.4) is 0 Å². The van der Waals surface area contributed by atoms with E-state index in [0.717, 1.165) is 18.7 Å². The van der Waals surface area contributed by atoms with Crippen LogP contribution in [0.4, 0.5) is 5.69 Å². The Hall–Kier alpha value is -1.06. The minimum Gasteiger partial charge on any atom is -0.392 e. The summed E-state index contributed by atoms with van der Waals surface area (Å²) >= 11 is 0. The molecule has 1 unspecified atom stereocenters. The molecule has 1 aromatic carbocycles. The SMILES string of the molecule is Cc1cc(CO)ccc1N1CCCN(C)CC1C. The van der Waals surface area contributed by atoms with E-state index in [4.69, 9.17) is 0 Å². The van der Waals surface area contributed by atoms with Gasteiger partial charge in [0, 0.05) is 24.8 Å². The molecule has 0 radical (unpaired) electrons. The van der Waals surface area contributed by atoms with Crippen molar-refractivity contribution in [2.24, 2.45) is 0 Å². The number of benzene rings is 1. The first kappa shape index (κ1) is 13.4. The van der Waals surface area contributed by atoms with E-state index in [-0.39, 0.29) is 6.61 Å². The molecule has 1 aliphatic rings. The topological polar surface area (TPSA) is 26.7 Å². The fraction of sp³-hybridized carbons (Fsp3) is 0.600. The second-order valence-electron chi connectivity index (χ2n) is 5.44. The van der Waals surface area contributed by atoms with Crippen LogP contribution < -0.4 is 4.90 Å². The Morgan fingerprint density at radius 1 is 1.33 bits per heavy atom. The van der Waals surface area contributed by atoms with E-state index in [0.29, 0.717) is 6.04 Å². The van der Waals surface area contributed by atoms with Gasteiger partial charge in [0.2, 0.25) is 0 Å². The molecule has 0 aromatic heterocycles. The maximum Gasteiger partial charge on any atom is 0.0681 e. The zero-order valence-electron chi connectivity index (χ0n) is 11.7. The first-order chi connectivity index (χ1) is 8.61. The van der Waals surface area contributed by atoms with Crippen molar-refractivity contribution in [1.82, 2.24) is 4.90 Å². The number of aliphatic hydroxyl groups excluding tert-OH is 1. The van der Waals surface area contributed by atoms with Crippen molar-refractivity contribution < 1.29 is 5.11 Å². The Kier molecular flexibility index (Phi) is 4.25. The van der Waals surface area contributed by atoms with Gasteiger partial charge < -0.3 is 14.9 Å². The molecule has 0 spiro atoms.